The lowest BCUT2D eigenvalue weighted by Crippen LogP contribution is -2.42. The molecule has 23 heavy (non-hydrogen) atoms. The van der Waals surface area contributed by atoms with Crippen LogP contribution < -0.4 is 0 Å². The van der Waals surface area contributed by atoms with E-state index < -0.39 is 5.97 Å². The van der Waals surface area contributed by atoms with Gasteiger partial charge < -0.3 is 10.0 Å². The average Bonchev–Trinajstić information content (AvgIpc) is 2.58. The number of likely N-dealkylation sites (tertiary alicyclic amines) is 1. The van der Waals surface area contributed by atoms with Gasteiger partial charge in [0.1, 0.15) is 5.82 Å². The monoisotopic (exact) mass is 311 g/mol. The molecule has 1 saturated heterocycles. The smallest absolute Gasteiger partial charge is 0.338 e. The van der Waals surface area contributed by atoms with Crippen LogP contribution in [0.25, 0.3) is 0 Å². The van der Waals surface area contributed by atoms with Gasteiger partial charge in [0.15, 0.2) is 0 Å². The highest BCUT2D eigenvalue weighted by Gasteiger charge is 2.36. The van der Waals surface area contributed by atoms with Gasteiger partial charge in [-0.2, -0.15) is 0 Å². The van der Waals surface area contributed by atoms with Gasteiger partial charge in [-0.15, -0.1) is 0 Å². The number of aromatic nitrogens is 2. The van der Waals surface area contributed by atoms with Crippen molar-refractivity contribution in [2.75, 3.05) is 20.1 Å². The summed E-state index contributed by atoms with van der Waals surface area (Å²) in [6, 6.07) is 10.5. The molecule has 0 unspecified atom stereocenters. The highest BCUT2D eigenvalue weighted by molar-refractivity contribution is 5.86. The van der Waals surface area contributed by atoms with Gasteiger partial charge in [-0.1, -0.05) is 30.3 Å². The zero-order valence-corrected chi connectivity index (χ0v) is 13.3. The summed E-state index contributed by atoms with van der Waals surface area (Å²) in [4.78, 5) is 21.8. The Morgan fingerprint density at radius 1 is 1.17 bits per heavy atom. The molecule has 2 aromatic rings. The van der Waals surface area contributed by atoms with Gasteiger partial charge in [-0.25, -0.2) is 14.8 Å². The Morgan fingerprint density at radius 3 is 2.35 bits per heavy atom. The van der Waals surface area contributed by atoms with E-state index in [9.17, 15) is 4.79 Å². The van der Waals surface area contributed by atoms with Crippen molar-refractivity contribution in [3.8, 4) is 0 Å². The molecule has 1 aromatic carbocycles. The van der Waals surface area contributed by atoms with Crippen molar-refractivity contribution < 1.29 is 9.90 Å². The van der Waals surface area contributed by atoms with Gasteiger partial charge in [-0.3, -0.25) is 0 Å². The molecular formula is C18H21N3O2. The molecule has 2 heterocycles. The number of benzene rings is 1. The van der Waals surface area contributed by atoms with Crippen LogP contribution in [0.2, 0.25) is 0 Å². The molecule has 1 aromatic heterocycles. The van der Waals surface area contributed by atoms with E-state index in [2.05, 4.69) is 46.2 Å². The topological polar surface area (TPSA) is 66.3 Å². The summed E-state index contributed by atoms with van der Waals surface area (Å²) < 4.78 is 0. The van der Waals surface area contributed by atoms with E-state index in [1.54, 1.807) is 0 Å². The van der Waals surface area contributed by atoms with E-state index in [-0.39, 0.29) is 11.0 Å². The molecule has 1 aliphatic heterocycles. The fourth-order valence-electron chi connectivity index (χ4n) is 3.26. The molecule has 0 amide bonds. The first-order valence-electron chi connectivity index (χ1n) is 7.87. The summed E-state index contributed by atoms with van der Waals surface area (Å²) in [5.74, 6) is -0.281. The Hall–Kier alpha value is -2.27. The van der Waals surface area contributed by atoms with Crippen molar-refractivity contribution in [3.05, 3.63) is 59.7 Å². The highest BCUT2D eigenvalue weighted by atomic mass is 16.4. The summed E-state index contributed by atoms with van der Waals surface area (Å²) in [6.07, 6.45) is 5.65. The molecule has 0 saturated carbocycles. The van der Waals surface area contributed by atoms with Gasteiger partial charge in [0.2, 0.25) is 0 Å². The number of hydrogen-bond acceptors (Lipinski definition) is 4. The molecule has 3 rings (SSSR count). The molecule has 1 N–H and O–H groups in total. The largest absolute Gasteiger partial charge is 0.478 e. The predicted octanol–water partition coefficient (Wildman–Crippen LogP) is 2.38. The zero-order chi connectivity index (χ0) is 16.3. The van der Waals surface area contributed by atoms with E-state index in [0.29, 0.717) is 5.82 Å². The molecule has 1 fully saturated rings. The van der Waals surface area contributed by atoms with E-state index >= 15 is 0 Å². The first-order chi connectivity index (χ1) is 11.1. The van der Waals surface area contributed by atoms with Crippen LogP contribution in [0, 0.1) is 0 Å². The lowest BCUT2D eigenvalue weighted by Gasteiger charge is -2.41. The van der Waals surface area contributed by atoms with E-state index in [0.717, 1.165) is 32.4 Å². The predicted molar refractivity (Wildman–Crippen MR) is 87.5 cm³/mol. The molecular weight excluding hydrogens is 290 g/mol. The number of aromatic carboxylic acids is 1. The van der Waals surface area contributed by atoms with Crippen LogP contribution in [0.1, 0.15) is 34.6 Å². The van der Waals surface area contributed by atoms with Crippen LogP contribution in [-0.2, 0) is 11.8 Å². The maximum absolute atomic E-state index is 10.9. The summed E-state index contributed by atoms with van der Waals surface area (Å²) in [6.45, 7) is 2.09. The minimum absolute atomic E-state index is 0.0263. The molecule has 0 bridgehead atoms. The van der Waals surface area contributed by atoms with E-state index in [4.69, 9.17) is 5.11 Å². The lowest BCUT2D eigenvalue weighted by molar-refractivity contribution is 0.0696. The third-order valence-electron chi connectivity index (χ3n) is 4.78. The zero-order valence-electron chi connectivity index (χ0n) is 13.3. The maximum atomic E-state index is 10.9. The van der Waals surface area contributed by atoms with E-state index in [1.165, 1.54) is 18.0 Å². The molecule has 0 atom stereocenters. The van der Waals surface area contributed by atoms with Crippen LogP contribution in [0.4, 0.5) is 0 Å². The van der Waals surface area contributed by atoms with Crippen molar-refractivity contribution >= 4 is 5.97 Å². The third kappa shape index (κ3) is 3.40. The van der Waals surface area contributed by atoms with Gasteiger partial charge in [-0.05, 0) is 38.5 Å². The number of carboxylic acid groups (broad SMARTS) is 1. The first kappa shape index (κ1) is 15.6. The Balaban J connectivity index is 1.89. The number of carboxylic acids is 1. The molecule has 5 nitrogen and oxygen atoms in total. The van der Waals surface area contributed by atoms with Crippen LogP contribution in [0.5, 0.6) is 0 Å². The number of rotatable bonds is 4. The molecule has 0 radical (unpaired) electrons. The Bertz CT molecular complexity index is 662. The standard InChI is InChI=1S/C18H21N3O2/c1-21-9-7-18(8-10-21,15-5-3-2-4-6-15)11-16-19-12-14(13-20-16)17(22)23/h2-6,12-13H,7-11H2,1H3,(H,22,23). The fourth-order valence-corrected chi connectivity index (χ4v) is 3.26. The number of piperidine rings is 1. The first-order valence-corrected chi connectivity index (χ1v) is 7.87. The third-order valence-corrected chi connectivity index (χ3v) is 4.78. The average molecular weight is 311 g/mol. The maximum Gasteiger partial charge on any atom is 0.338 e. The summed E-state index contributed by atoms with van der Waals surface area (Å²) >= 11 is 0. The van der Waals surface area contributed by atoms with Crippen molar-refractivity contribution in [2.24, 2.45) is 0 Å². The van der Waals surface area contributed by atoms with Crippen LogP contribution in [-0.4, -0.2) is 46.1 Å². The number of carbonyl (C=O) groups is 1. The summed E-state index contributed by atoms with van der Waals surface area (Å²) in [5.41, 5.74) is 1.48. The van der Waals surface area contributed by atoms with Crippen molar-refractivity contribution in [1.29, 1.82) is 0 Å². The van der Waals surface area contributed by atoms with Gasteiger partial charge >= 0.3 is 5.97 Å². The van der Waals surface area contributed by atoms with Crippen molar-refractivity contribution in [3.63, 3.8) is 0 Å². The van der Waals surface area contributed by atoms with Crippen molar-refractivity contribution in [2.45, 2.75) is 24.7 Å². The van der Waals surface area contributed by atoms with Crippen LogP contribution >= 0.6 is 0 Å². The second-order valence-electron chi connectivity index (χ2n) is 6.32. The second kappa shape index (κ2) is 6.46. The minimum Gasteiger partial charge on any atom is -0.478 e. The second-order valence-corrected chi connectivity index (χ2v) is 6.32. The number of hydrogen-bond donors (Lipinski definition) is 1. The molecule has 1 aliphatic rings. The minimum atomic E-state index is -0.992. The van der Waals surface area contributed by atoms with E-state index in [1.807, 2.05) is 6.07 Å². The quantitative estimate of drug-likeness (QED) is 0.939. The van der Waals surface area contributed by atoms with Crippen LogP contribution in [0.3, 0.4) is 0 Å². The highest BCUT2D eigenvalue weighted by Crippen LogP contribution is 2.37. The SMILES string of the molecule is CN1CCC(Cc2ncc(C(=O)O)cn2)(c2ccccc2)CC1. The lowest BCUT2D eigenvalue weighted by atomic mass is 9.70. The Morgan fingerprint density at radius 2 is 1.78 bits per heavy atom. The summed E-state index contributed by atoms with van der Waals surface area (Å²) in [7, 11) is 2.15. The van der Waals surface area contributed by atoms with Gasteiger partial charge in [0.05, 0.1) is 5.56 Å². The summed E-state index contributed by atoms with van der Waals surface area (Å²) in [5, 5.41) is 8.97. The molecule has 0 aliphatic carbocycles. The normalized spacial score (nSPS) is 17.8. The van der Waals surface area contributed by atoms with Gasteiger partial charge in [0, 0.05) is 24.2 Å². The Labute approximate surface area is 136 Å². The van der Waals surface area contributed by atoms with Gasteiger partial charge in [0.25, 0.3) is 0 Å². The number of nitrogens with zero attached hydrogens (tertiary/aromatic N) is 3. The molecule has 0 spiro atoms. The van der Waals surface area contributed by atoms with Crippen molar-refractivity contribution in [1.82, 2.24) is 14.9 Å². The van der Waals surface area contributed by atoms with Crippen LogP contribution in [0.15, 0.2) is 42.7 Å². The molecule has 5 heteroatoms. The Kier molecular flexibility index (Phi) is 4.39. The molecule has 120 valence electrons. The fraction of sp³-hybridized carbons (Fsp3) is 0.389.